The fraction of sp³-hybridized carbons (Fsp3) is 0.667. The lowest BCUT2D eigenvalue weighted by atomic mass is 9.80. The highest BCUT2D eigenvalue weighted by Gasteiger charge is 2.51. The van der Waals surface area contributed by atoms with Crippen molar-refractivity contribution in [1.29, 1.82) is 0 Å². The molecule has 2 aromatic rings. The van der Waals surface area contributed by atoms with E-state index in [2.05, 4.69) is 63.4 Å². The van der Waals surface area contributed by atoms with Gasteiger partial charge in [0.25, 0.3) is 0 Å². The predicted octanol–water partition coefficient (Wildman–Crippen LogP) is 4.95. The first kappa shape index (κ1) is 31.2. The lowest BCUT2D eigenvalue weighted by Crippen LogP contribution is -2.41. The van der Waals surface area contributed by atoms with Gasteiger partial charge in [0, 0.05) is 41.5 Å². The van der Waals surface area contributed by atoms with Crippen molar-refractivity contribution in [3.05, 3.63) is 41.1 Å². The maximum absolute atomic E-state index is 6.04. The minimum Gasteiger partial charge on any atom is -0.476 e. The Hall–Kier alpha value is -1.72. The van der Waals surface area contributed by atoms with E-state index in [0.717, 1.165) is 29.6 Å². The summed E-state index contributed by atoms with van der Waals surface area (Å²) in [4.78, 5) is 13.5. The van der Waals surface area contributed by atoms with Crippen molar-refractivity contribution < 1.29 is 18.8 Å². The van der Waals surface area contributed by atoms with Crippen molar-refractivity contribution in [2.45, 2.75) is 77.4 Å². The molecule has 0 spiro atoms. The second-order valence-electron chi connectivity index (χ2n) is 11.8. The summed E-state index contributed by atoms with van der Waals surface area (Å²) in [6.07, 6.45) is 11.6. The monoisotopic (exact) mass is 616 g/mol. The van der Waals surface area contributed by atoms with Crippen LogP contribution in [0.15, 0.2) is 41.1 Å². The summed E-state index contributed by atoms with van der Waals surface area (Å²) in [6.45, 7) is 16.4. The van der Waals surface area contributed by atoms with Crippen LogP contribution in [-0.2, 0) is 9.31 Å². The molecule has 5 heterocycles. The van der Waals surface area contributed by atoms with Crippen LogP contribution in [0.2, 0.25) is 0 Å². The number of ether oxygens (including phenoxy) is 2. The number of nitrogens with zero attached hydrogens (tertiary/aromatic N) is 4. The summed E-state index contributed by atoms with van der Waals surface area (Å²) in [5, 5.41) is 0. The quantitative estimate of drug-likeness (QED) is 0.367. The zero-order valence-corrected chi connectivity index (χ0v) is 26.3. The first-order valence-electron chi connectivity index (χ1n) is 14.9. The Morgan fingerprint density at radius 1 is 0.725 bits per heavy atom. The molecule has 40 heavy (non-hydrogen) atoms. The molecular weight excluding hydrogens is 571 g/mol. The molecule has 3 fully saturated rings. The van der Waals surface area contributed by atoms with Gasteiger partial charge in [-0.3, -0.25) is 9.80 Å². The maximum Gasteiger partial charge on any atom is 0.496 e. The first-order chi connectivity index (χ1) is 19.2. The summed E-state index contributed by atoms with van der Waals surface area (Å²) in [5.74, 6) is 1.37. The molecule has 3 aliphatic heterocycles. The zero-order chi connectivity index (χ0) is 28.4. The topological polar surface area (TPSA) is 69.2 Å². The van der Waals surface area contributed by atoms with Crippen molar-refractivity contribution in [3.63, 3.8) is 0 Å². The molecule has 10 heteroatoms. The van der Waals surface area contributed by atoms with E-state index in [4.69, 9.17) is 18.8 Å². The average molecular weight is 617 g/mol. The normalized spacial score (nSPS) is 21.0. The number of rotatable bonds is 9. The highest BCUT2D eigenvalue weighted by Crippen LogP contribution is 2.36. The van der Waals surface area contributed by atoms with Crippen molar-refractivity contribution in [1.82, 2.24) is 19.8 Å². The highest BCUT2D eigenvalue weighted by atomic mass is 79.9. The van der Waals surface area contributed by atoms with E-state index in [0.29, 0.717) is 18.4 Å². The number of hydrogen-bond donors (Lipinski definition) is 0. The van der Waals surface area contributed by atoms with Gasteiger partial charge in [0.2, 0.25) is 11.8 Å². The molecular formula is C30H46BBrN4O4. The summed E-state index contributed by atoms with van der Waals surface area (Å²) >= 11 is 3.35. The molecule has 0 atom stereocenters. The zero-order valence-electron chi connectivity index (χ0n) is 24.7. The van der Waals surface area contributed by atoms with E-state index in [9.17, 15) is 0 Å². The molecule has 0 aromatic carbocycles. The molecule has 0 N–H and O–H groups in total. The number of piperidine rings is 2. The van der Waals surface area contributed by atoms with Crippen molar-refractivity contribution in [2.75, 3.05) is 52.5 Å². The van der Waals surface area contributed by atoms with E-state index in [-0.39, 0.29) is 18.3 Å². The van der Waals surface area contributed by atoms with Crippen molar-refractivity contribution >= 4 is 28.5 Å². The van der Waals surface area contributed by atoms with Crippen LogP contribution in [0.1, 0.15) is 66.2 Å². The number of hydrogen-bond acceptors (Lipinski definition) is 8. The van der Waals surface area contributed by atoms with Gasteiger partial charge in [0.05, 0.1) is 11.2 Å². The molecule has 0 unspecified atom stereocenters. The Balaban J connectivity index is 0.000000201. The van der Waals surface area contributed by atoms with E-state index in [1.807, 2.05) is 24.3 Å². The summed E-state index contributed by atoms with van der Waals surface area (Å²) in [5.41, 5.74) is 0.264. The molecule has 2 aromatic heterocycles. The maximum atomic E-state index is 6.04. The van der Waals surface area contributed by atoms with Crippen LogP contribution in [0, 0.1) is 0 Å². The molecule has 0 bridgehead atoms. The Morgan fingerprint density at radius 3 is 1.62 bits per heavy atom. The van der Waals surface area contributed by atoms with Crippen molar-refractivity contribution in [2.24, 2.45) is 0 Å². The molecule has 0 amide bonds. The Kier molecular flexibility index (Phi) is 11.7. The average Bonchev–Trinajstić information content (AvgIpc) is 3.18. The second kappa shape index (κ2) is 15.0. The number of likely N-dealkylation sites (tertiary alicyclic amines) is 2. The van der Waals surface area contributed by atoms with Gasteiger partial charge in [0.15, 0.2) is 0 Å². The van der Waals surface area contributed by atoms with Crippen LogP contribution in [-0.4, -0.2) is 90.6 Å². The number of halogens is 1. The van der Waals surface area contributed by atoms with Gasteiger partial charge >= 0.3 is 7.12 Å². The molecule has 3 saturated heterocycles. The van der Waals surface area contributed by atoms with Crippen LogP contribution in [0.25, 0.3) is 0 Å². The van der Waals surface area contributed by atoms with E-state index in [1.54, 1.807) is 12.4 Å². The summed E-state index contributed by atoms with van der Waals surface area (Å²) < 4.78 is 24.4. The molecule has 0 aliphatic carbocycles. The Morgan fingerprint density at radius 2 is 1.20 bits per heavy atom. The summed E-state index contributed by atoms with van der Waals surface area (Å²) in [7, 11) is -0.370. The smallest absolute Gasteiger partial charge is 0.476 e. The molecule has 3 aliphatic rings. The molecule has 5 rings (SSSR count). The van der Waals surface area contributed by atoms with E-state index >= 15 is 0 Å². The van der Waals surface area contributed by atoms with E-state index < -0.39 is 0 Å². The molecule has 8 nitrogen and oxygen atoms in total. The van der Waals surface area contributed by atoms with E-state index in [1.165, 1.54) is 64.7 Å². The van der Waals surface area contributed by atoms with Crippen LogP contribution < -0.4 is 14.9 Å². The molecule has 0 radical (unpaired) electrons. The SMILES string of the molecule is Brc1ccc(OCCN2CCCCC2)nc1.CC1(C)OB(c2ccc(OCCN3CCCCC3)nc2)OC1(C)C. The van der Waals surface area contributed by atoms with Gasteiger partial charge in [-0.2, -0.15) is 0 Å². The van der Waals surface area contributed by atoms with Gasteiger partial charge in [-0.1, -0.05) is 18.9 Å². The lowest BCUT2D eigenvalue weighted by Gasteiger charge is -2.32. The minimum atomic E-state index is -0.370. The highest BCUT2D eigenvalue weighted by molar-refractivity contribution is 9.10. The summed E-state index contributed by atoms with van der Waals surface area (Å²) in [6, 6.07) is 7.71. The number of pyridine rings is 2. The van der Waals surface area contributed by atoms with Crippen LogP contribution in [0.3, 0.4) is 0 Å². The van der Waals surface area contributed by atoms with Gasteiger partial charge in [0.1, 0.15) is 13.2 Å². The third kappa shape index (κ3) is 9.41. The van der Waals surface area contributed by atoms with Crippen LogP contribution in [0.5, 0.6) is 11.8 Å². The van der Waals surface area contributed by atoms with Crippen LogP contribution >= 0.6 is 15.9 Å². The fourth-order valence-corrected chi connectivity index (χ4v) is 5.20. The number of aromatic nitrogens is 2. The second-order valence-corrected chi connectivity index (χ2v) is 12.7. The Bertz CT molecular complexity index is 997. The predicted molar refractivity (Wildman–Crippen MR) is 163 cm³/mol. The largest absolute Gasteiger partial charge is 0.496 e. The first-order valence-corrected chi connectivity index (χ1v) is 15.6. The minimum absolute atomic E-state index is 0.332. The standard InChI is InChI=1S/C18H29BN2O3.C12H17BrN2O/c1-17(2)18(3,4)24-19(23-17)15-8-9-16(20-14-15)22-13-12-21-10-6-5-7-11-21;13-11-4-5-12(14-10-11)16-9-8-15-6-2-1-3-7-15/h8-9,14H,5-7,10-13H2,1-4H3;4-5,10H,1-3,6-9H2. The fourth-order valence-electron chi connectivity index (χ4n) is 4.97. The molecule has 0 saturated carbocycles. The lowest BCUT2D eigenvalue weighted by molar-refractivity contribution is 0.00578. The van der Waals surface area contributed by atoms with Gasteiger partial charge in [-0.25, -0.2) is 9.97 Å². The van der Waals surface area contributed by atoms with Crippen molar-refractivity contribution in [3.8, 4) is 11.8 Å². The van der Waals surface area contributed by atoms with Gasteiger partial charge in [-0.05, 0) is 108 Å². The van der Waals surface area contributed by atoms with Gasteiger partial charge < -0.3 is 18.8 Å². The van der Waals surface area contributed by atoms with Gasteiger partial charge in [-0.15, -0.1) is 0 Å². The third-order valence-electron chi connectivity index (χ3n) is 8.20. The third-order valence-corrected chi connectivity index (χ3v) is 8.67. The Labute approximate surface area is 249 Å². The van der Waals surface area contributed by atoms with Crippen LogP contribution in [0.4, 0.5) is 0 Å². The molecule has 220 valence electrons.